The zero-order chi connectivity index (χ0) is 14.9. The molecule has 2 rings (SSSR count). The van der Waals surface area contributed by atoms with Gasteiger partial charge in [0.1, 0.15) is 10.8 Å². The lowest BCUT2D eigenvalue weighted by atomic mass is 10.2. The minimum atomic E-state index is -0.244. The predicted octanol–water partition coefficient (Wildman–Crippen LogP) is 4.53. The molecule has 0 saturated heterocycles. The number of rotatable bonds is 3. The number of aryl methyl sites for hydroxylation is 2. The molecule has 4 nitrogen and oxygen atoms in total. The molecule has 7 heteroatoms. The molecule has 2 heterocycles. The van der Waals surface area contributed by atoms with Crippen LogP contribution in [0, 0.1) is 6.92 Å². The Labute approximate surface area is 135 Å². The smallest absolute Gasteiger partial charge is 0.272 e. The third kappa shape index (κ3) is 3.16. The highest BCUT2D eigenvalue weighted by Gasteiger charge is 2.16. The van der Waals surface area contributed by atoms with Crippen LogP contribution in [0.3, 0.4) is 0 Å². The molecule has 106 valence electrons. The number of amides is 1. The van der Waals surface area contributed by atoms with Crippen LogP contribution in [0.4, 0.5) is 5.69 Å². The first kappa shape index (κ1) is 15.4. The van der Waals surface area contributed by atoms with Gasteiger partial charge in [-0.25, -0.2) is 4.98 Å². The van der Waals surface area contributed by atoms with Crippen LogP contribution in [-0.2, 0) is 6.54 Å². The number of carbonyl (C=O) groups is 1. The normalized spacial score (nSPS) is 10.7. The summed E-state index contributed by atoms with van der Waals surface area (Å²) >= 11 is 15.2. The van der Waals surface area contributed by atoms with E-state index >= 15 is 0 Å². The van der Waals surface area contributed by atoms with Gasteiger partial charge in [-0.15, -0.1) is 0 Å². The van der Waals surface area contributed by atoms with Crippen molar-refractivity contribution >= 4 is 50.7 Å². The number of nitrogens with zero attached hydrogens (tertiary/aromatic N) is 2. The van der Waals surface area contributed by atoms with Crippen LogP contribution in [0.25, 0.3) is 0 Å². The van der Waals surface area contributed by atoms with E-state index in [0.717, 1.165) is 10.0 Å². The number of hydrogen-bond donors (Lipinski definition) is 1. The Hall–Kier alpha value is -1.04. The van der Waals surface area contributed by atoms with Crippen molar-refractivity contribution in [2.45, 2.75) is 20.4 Å². The molecule has 0 fully saturated rings. The quantitative estimate of drug-likeness (QED) is 0.799. The molecule has 1 amide bonds. The zero-order valence-electron chi connectivity index (χ0n) is 10.9. The van der Waals surface area contributed by atoms with Gasteiger partial charge in [-0.3, -0.25) is 4.79 Å². The summed E-state index contributed by atoms with van der Waals surface area (Å²) in [5.74, 6) is -0.244. The van der Waals surface area contributed by atoms with Gasteiger partial charge in [0.2, 0.25) is 0 Å². The highest BCUT2D eigenvalue weighted by Crippen LogP contribution is 2.27. The molecule has 20 heavy (non-hydrogen) atoms. The molecule has 0 aromatic carbocycles. The Bertz CT molecular complexity index is 647. The van der Waals surface area contributed by atoms with Gasteiger partial charge >= 0.3 is 0 Å². The Morgan fingerprint density at radius 2 is 2.15 bits per heavy atom. The Kier molecular flexibility index (Phi) is 4.73. The van der Waals surface area contributed by atoms with Gasteiger partial charge < -0.3 is 9.88 Å². The minimum Gasteiger partial charge on any atom is -0.343 e. The molecule has 0 radical (unpaired) electrons. The van der Waals surface area contributed by atoms with E-state index in [1.54, 1.807) is 12.1 Å². The maximum atomic E-state index is 12.3. The lowest BCUT2D eigenvalue weighted by Gasteiger charge is -2.11. The van der Waals surface area contributed by atoms with Crippen LogP contribution < -0.4 is 5.32 Å². The highest BCUT2D eigenvalue weighted by molar-refractivity contribution is 9.10. The average Bonchev–Trinajstić information content (AvgIpc) is 2.75. The van der Waals surface area contributed by atoms with E-state index in [2.05, 4.69) is 26.2 Å². The Balaban J connectivity index is 2.32. The zero-order valence-corrected chi connectivity index (χ0v) is 14.0. The molecule has 0 unspecified atom stereocenters. The number of aromatic nitrogens is 2. The molecule has 2 aromatic rings. The molecule has 0 aliphatic heterocycles. The molecule has 0 bridgehead atoms. The molecule has 2 aromatic heterocycles. The van der Waals surface area contributed by atoms with Crippen molar-refractivity contribution in [2.75, 3.05) is 5.32 Å². The van der Waals surface area contributed by atoms with E-state index in [9.17, 15) is 4.79 Å². The maximum Gasteiger partial charge on any atom is 0.272 e. The predicted molar refractivity (Wildman–Crippen MR) is 84.8 cm³/mol. The van der Waals surface area contributed by atoms with E-state index in [0.29, 0.717) is 23.1 Å². The fourth-order valence-corrected chi connectivity index (χ4v) is 2.89. The maximum absolute atomic E-state index is 12.3. The lowest BCUT2D eigenvalue weighted by molar-refractivity contribution is 0.101. The van der Waals surface area contributed by atoms with Gasteiger partial charge in [0.25, 0.3) is 5.91 Å². The Morgan fingerprint density at radius 1 is 1.45 bits per heavy atom. The van der Waals surface area contributed by atoms with Crippen molar-refractivity contribution in [3.8, 4) is 0 Å². The van der Waals surface area contributed by atoms with Crippen LogP contribution in [0.2, 0.25) is 10.3 Å². The van der Waals surface area contributed by atoms with Crippen LogP contribution in [0.15, 0.2) is 22.8 Å². The summed E-state index contributed by atoms with van der Waals surface area (Å²) in [4.78, 5) is 16.3. The molecular weight excluding hydrogens is 365 g/mol. The second-order valence-electron chi connectivity index (χ2n) is 4.21. The first-order chi connectivity index (χ1) is 9.42. The number of hydrogen-bond acceptors (Lipinski definition) is 2. The van der Waals surface area contributed by atoms with Crippen molar-refractivity contribution in [3.05, 3.63) is 44.4 Å². The summed E-state index contributed by atoms with van der Waals surface area (Å²) in [6.45, 7) is 4.47. The van der Waals surface area contributed by atoms with Crippen LogP contribution in [0.5, 0.6) is 0 Å². The fourth-order valence-electron chi connectivity index (χ4n) is 1.85. The van der Waals surface area contributed by atoms with E-state index < -0.39 is 0 Å². The van der Waals surface area contributed by atoms with Crippen molar-refractivity contribution in [2.24, 2.45) is 0 Å². The minimum absolute atomic E-state index is 0.178. The van der Waals surface area contributed by atoms with Crippen LogP contribution in [0.1, 0.15) is 23.0 Å². The second kappa shape index (κ2) is 6.16. The number of anilines is 1. The van der Waals surface area contributed by atoms with Crippen LogP contribution in [-0.4, -0.2) is 15.5 Å². The van der Waals surface area contributed by atoms with Gasteiger partial charge in [-0.1, -0.05) is 23.2 Å². The van der Waals surface area contributed by atoms with Gasteiger partial charge in [-0.2, -0.15) is 0 Å². The molecule has 1 N–H and O–H groups in total. The van der Waals surface area contributed by atoms with E-state index in [-0.39, 0.29) is 11.1 Å². The fraction of sp³-hybridized carbons (Fsp3) is 0.231. The summed E-state index contributed by atoms with van der Waals surface area (Å²) in [5, 5.41) is 3.25. The highest BCUT2D eigenvalue weighted by atomic mass is 79.9. The second-order valence-corrected chi connectivity index (χ2v) is 5.87. The lowest BCUT2D eigenvalue weighted by Crippen LogP contribution is -2.17. The average molecular weight is 377 g/mol. The molecule has 0 spiro atoms. The monoisotopic (exact) mass is 375 g/mol. The van der Waals surface area contributed by atoms with Crippen molar-refractivity contribution in [3.63, 3.8) is 0 Å². The molecule has 0 atom stereocenters. The summed E-state index contributed by atoms with van der Waals surface area (Å²) in [7, 11) is 0. The van der Waals surface area contributed by atoms with Gasteiger partial charge in [0, 0.05) is 17.2 Å². The number of carbonyl (C=O) groups excluding carboxylic acids is 1. The van der Waals surface area contributed by atoms with Crippen molar-refractivity contribution < 1.29 is 4.79 Å². The summed E-state index contributed by atoms with van der Waals surface area (Å²) in [6.07, 6.45) is 1.85. The number of nitrogens with one attached hydrogen (secondary N) is 1. The number of pyridine rings is 1. The van der Waals surface area contributed by atoms with E-state index in [1.165, 1.54) is 0 Å². The summed E-state index contributed by atoms with van der Waals surface area (Å²) < 4.78 is 2.69. The molecule has 0 saturated carbocycles. The van der Waals surface area contributed by atoms with Crippen molar-refractivity contribution in [1.29, 1.82) is 0 Å². The molecule has 0 aliphatic rings. The largest absolute Gasteiger partial charge is 0.343 e. The molecule has 0 aliphatic carbocycles. The molecular formula is C13H12BrCl2N3O. The number of halogens is 3. The van der Waals surface area contributed by atoms with Gasteiger partial charge in [0.15, 0.2) is 5.15 Å². The summed E-state index contributed by atoms with van der Waals surface area (Å²) in [5.41, 5.74) is 1.78. The van der Waals surface area contributed by atoms with Gasteiger partial charge in [0.05, 0.1) is 5.69 Å². The topological polar surface area (TPSA) is 46.9 Å². The SMILES string of the molecule is CCn1cc(Br)cc1C(=O)Nc1c(C)cc(Cl)nc1Cl. The standard InChI is InChI=1S/C13H12BrCl2N3O/c1-3-19-6-8(14)5-9(19)13(20)18-11-7(2)4-10(15)17-12(11)16/h4-6H,3H2,1-2H3,(H,18,20). The summed E-state index contributed by atoms with van der Waals surface area (Å²) in [6, 6.07) is 3.41. The van der Waals surface area contributed by atoms with E-state index in [1.807, 2.05) is 24.6 Å². The van der Waals surface area contributed by atoms with Crippen molar-refractivity contribution in [1.82, 2.24) is 9.55 Å². The Morgan fingerprint density at radius 3 is 2.75 bits per heavy atom. The third-order valence-electron chi connectivity index (χ3n) is 2.82. The first-order valence-electron chi connectivity index (χ1n) is 5.92. The third-order valence-corrected chi connectivity index (χ3v) is 3.72. The van der Waals surface area contributed by atoms with E-state index in [4.69, 9.17) is 23.2 Å². The first-order valence-corrected chi connectivity index (χ1v) is 7.47. The van der Waals surface area contributed by atoms with Crippen LogP contribution >= 0.6 is 39.1 Å². The van der Waals surface area contributed by atoms with Gasteiger partial charge in [-0.05, 0) is 47.5 Å².